The number of likely N-dealkylation sites (tertiary alicyclic amines) is 2. The van der Waals surface area contributed by atoms with Crippen LogP contribution in [0, 0.1) is 64.6 Å². The van der Waals surface area contributed by atoms with E-state index < -0.39 is 174 Å². The summed E-state index contributed by atoms with van der Waals surface area (Å²) in [6.07, 6.45) is 0.359. The third-order valence-corrected chi connectivity index (χ3v) is 20.1. The Hall–Kier alpha value is -8.92. The summed E-state index contributed by atoms with van der Waals surface area (Å²) in [4.78, 5) is 156. The zero-order chi connectivity index (χ0) is 82.0. The summed E-state index contributed by atoms with van der Waals surface area (Å²) in [6, 6.07) is 8.31. The first-order valence-corrected chi connectivity index (χ1v) is 37.4. The van der Waals surface area contributed by atoms with Gasteiger partial charge in [-0.05, 0) is 106 Å². The van der Waals surface area contributed by atoms with Gasteiger partial charge in [-0.15, -0.1) is 0 Å². The predicted octanol–water partition coefficient (Wildman–Crippen LogP) is 5.65. The molecular formula is C77H113F5N12O16. The molecule has 3 unspecified atom stereocenters. The van der Waals surface area contributed by atoms with Crippen molar-refractivity contribution in [1.29, 1.82) is 0 Å². The van der Waals surface area contributed by atoms with Gasteiger partial charge in [0.1, 0.15) is 37.4 Å². The number of nitrogens with two attached hydrogens (primary N) is 1. The Kier molecular flexibility index (Phi) is 36.8. The molecule has 2 saturated heterocycles. The first kappa shape index (κ1) is 91.7. The number of rotatable bonds is 42. The van der Waals surface area contributed by atoms with Crippen molar-refractivity contribution in [2.75, 3.05) is 86.7 Å². The van der Waals surface area contributed by atoms with Gasteiger partial charge >= 0.3 is 12.0 Å². The van der Waals surface area contributed by atoms with Crippen molar-refractivity contribution in [2.24, 2.45) is 41.2 Å². The van der Waals surface area contributed by atoms with E-state index in [9.17, 15) is 74.7 Å². The molecule has 0 aromatic heterocycles. The molecule has 3 aromatic carbocycles. The van der Waals surface area contributed by atoms with Crippen molar-refractivity contribution in [3.8, 4) is 5.75 Å². The first-order chi connectivity index (χ1) is 52.0. The molecule has 612 valence electrons. The topological polar surface area (TPSA) is 357 Å². The maximum atomic E-state index is 14.7. The minimum atomic E-state index is -2.41. The summed E-state index contributed by atoms with van der Waals surface area (Å²) in [6.45, 7) is 17.3. The number of carbonyl (C=O) groups excluding carboxylic acids is 11. The van der Waals surface area contributed by atoms with Gasteiger partial charge in [0.25, 0.3) is 0 Å². The number of likely N-dealkylation sites (N-methyl/N-ethyl adjacent to an activating group) is 2. The van der Waals surface area contributed by atoms with E-state index in [0.29, 0.717) is 37.1 Å². The second-order valence-electron chi connectivity index (χ2n) is 29.5. The lowest BCUT2D eigenvalue weighted by molar-refractivity contribution is -0.148. The van der Waals surface area contributed by atoms with Gasteiger partial charge in [-0.3, -0.25) is 52.8 Å². The third-order valence-electron chi connectivity index (χ3n) is 20.1. The van der Waals surface area contributed by atoms with Crippen LogP contribution in [0.2, 0.25) is 0 Å². The number of methoxy groups -OCH3 is 2. The van der Waals surface area contributed by atoms with E-state index in [1.807, 2.05) is 90.9 Å². The van der Waals surface area contributed by atoms with Gasteiger partial charge in [0.15, 0.2) is 0 Å². The lowest BCUT2D eigenvalue weighted by atomic mass is 9.89. The number of hydrogen-bond donors (Lipinski definition) is 8. The number of amides is 11. The molecule has 0 aliphatic carbocycles. The lowest BCUT2D eigenvalue weighted by Gasteiger charge is -2.41. The minimum absolute atomic E-state index is 0.00312. The molecule has 3 aromatic rings. The molecule has 5 rings (SSSR count). The molecule has 0 radical (unpaired) electrons. The molecule has 2 fully saturated rings. The molecule has 2 aliphatic rings. The minimum Gasteiger partial charge on any atom is -0.420 e. The number of primary amides is 1. The lowest BCUT2D eigenvalue weighted by Crippen LogP contribution is -2.59. The molecular weight excluding hydrogens is 1440 g/mol. The average Bonchev–Trinajstić information content (AvgIpc) is 0.925. The van der Waals surface area contributed by atoms with E-state index in [0.717, 1.165) is 5.56 Å². The number of nitrogens with one attached hydrogen (secondary N) is 7. The largest absolute Gasteiger partial charge is 0.420 e. The highest BCUT2D eigenvalue weighted by molar-refractivity contribution is 5.99. The molecule has 11 amide bonds. The van der Waals surface area contributed by atoms with Crippen molar-refractivity contribution < 1.29 is 98.4 Å². The molecule has 0 bridgehead atoms. The number of urea groups is 1. The molecule has 0 saturated carbocycles. The highest BCUT2D eigenvalue weighted by atomic mass is 19.2. The van der Waals surface area contributed by atoms with Gasteiger partial charge in [0.2, 0.25) is 88.0 Å². The van der Waals surface area contributed by atoms with E-state index >= 15 is 0 Å². The number of carbonyl (C=O) groups is 11. The Bertz CT molecular complexity index is 3570. The maximum Gasteiger partial charge on any atom is 0.314 e. The van der Waals surface area contributed by atoms with Crippen LogP contribution in [-0.2, 0) is 79.9 Å². The summed E-state index contributed by atoms with van der Waals surface area (Å²) in [7, 11) is 8.32. The highest BCUT2D eigenvalue weighted by Crippen LogP contribution is 2.34. The zero-order valence-electron chi connectivity index (χ0n) is 65.7. The number of nitrogens with zero attached hydrogens (tertiary/aromatic N) is 4. The molecule has 9 N–H and O–H groups in total. The van der Waals surface area contributed by atoms with Gasteiger partial charge in [-0.25, -0.2) is 18.0 Å². The van der Waals surface area contributed by atoms with Crippen LogP contribution in [0.3, 0.4) is 0 Å². The van der Waals surface area contributed by atoms with Crippen molar-refractivity contribution in [1.82, 2.24) is 51.5 Å². The summed E-state index contributed by atoms with van der Waals surface area (Å²) < 4.78 is 96.8. The van der Waals surface area contributed by atoms with Crippen LogP contribution < -0.4 is 47.7 Å². The van der Waals surface area contributed by atoms with Gasteiger partial charge in [0, 0.05) is 65.6 Å². The van der Waals surface area contributed by atoms with E-state index in [4.69, 9.17) is 24.7 Å². The van der Waals surface area contributed by atoms with E-state index in [2.05, 4.69) is 42.0 Å². The Morgan fingerprint density at radius 2 is 1.24 bits per heavy atom. The quantitative estimate of drug-likeness (QED) is 0.00848. The normalized spacial score (nSPS) is 17.9. The van der Waals surface area contributed by atoms with Gasteiger partial charge in [-0.1, -0.05) is 111 Å². The average molecular weight is 1560 g/mol. The van der Waals surface area contributed by atoms with Crippen LogP contribution in [0.15, 0.2) is 54.6 Å². The monoisotopic (exact) mass is 1560 g/mol. The summed E-state index contributed by atoms with van der Waals surface area (Å²) in [5.74, 6) is -21.7. The van der Waals surface area contributed by atoms with Crippen molar-refractivity contribution in [2.45, 2.75) is 194 Å². The maximum absolute atomic E-state index is 14.7. The fraction of sp³-hybridized carbons (Fsp3) is 0.623. The van der Waals surface area contributed by atoms with E-state index in [1.165, 1.54) is 19.1 Å². The van der Waals surface area contributed by atoms with E-state index in [1.54, 1.807) is 68.8 Å². The number of piperidine rings is 1. The zero-order valence-corrected chi connectivity index (χ0v) is 65.7. The molecule has 28 nitrogen and oxygen atoms in total. The molecule has 0 spiro atoms. The second kappa shape index (κ2) is 44.2. The third kappa shape index (κ3) is 26.1. The molecule has 110 heavy (non-hydrogen) atoms. The van der Waals surface area contributed by atoms with Crippen LogP contribution in [0.4, 0.5) is 32.4 Å². The van der Waals surface area contributed by atoms with Crippen molar-refractivity contribution >= 4 is 70.9 Å². The molecule has 2 heterocycles. The van der Waals surface area contributed by atoms with Gasteiger partial charge in [-0.2, -0.15) is 8.78 Å². The van der Waals surface area contributed by atoms with Crippen molar-refractivity contribution in [3.63, 3.8) is 0 Å². The van der Waals surface area contributed by atoms with Crippen LogP contribution in [-0.4, -0.2) is 227 Å². The number of hydrogen-bond acceptors (Lipinski definition) is 17. The number of esters is 1. The Morgan fingerprint density at radius 3 is 1.80 bits per heavy atom. The number of ether oxygens (including phenoxy) is 5. The summed E-state index contributed by atoms with van der Waals surface area (Å²) in [5, 5.41) is 19.5. The fourth-order valence-corrected chi connectivity index (χ4v) is 14.0. The van der Waals surface area contributed by atoms with E-state index in [-0.39, 0.29) is 107 Å². The SMILES string of the molecule is CC[C@H](C)[C@@H]([C@@H](CC(=O)N1CCC[C@H]1[C@H](OC)[C@@H](C)C(=O)N[C@@H](Cc1ccccc1)C(=O)NCc1ccc(NC(=O)C(CCCNC(N)=O)NC(=O)[C@@H](NC(=O)COCCOCC(=O)N2CCC(C(=O)Oc3c(F)c(F)c(F)c(F)c3F)CC2C)C(C)C)cc1)OC)N(C)C(=O)[C@@H](NC(=O)[C@H](C(C)C)N(C)C)C(C)C. The molecule has 33 heteroatoms. The Labute approximate surface area is 640 Å². The Morgan fingerprint density at radius 1 is 0.627 bits per heavy atom. The summed E-state index contributed by atoms with van der Waals surface area (Å²) in [5.41, 5.74) is 6.95. The molecule has 13 atom stereocenters. The predicted molar refractivity (Wildman–Crippen MR) is 397 cm³/mol. The fourth-order valence-electron chi connectivity index (χ4n) is 14.0. The van der Waals surface area contributed by atoms with Gasteiger partial charge < -0.3 is 81.3 Å². The van der Waals surface area contributed by atoms with Gasteiger partial charge in [0.05, 0.1) is 61.8 Å². The standard InChI is InChI=1S/C77H113F5N12O16/c1-16-45(8)67(92(13)75(103)65(43(4)5)90-74(102)66(44(6)7)91(11)12)55(106-14)38-57(96)94-32-21-25-54(94)68(107-15)47(10)70(98)88-53(37-48-22-18-17-19-23-48)71(99)85-39-49-26-28-51(29-27-49)86-72(100)52(24-20-31-84-77(83)105)87-73(101)64(42(2)3)89-56(95)40-108-34-35-109-41-58(97)93-33-30-50(36-46(93)9)76(104)110-69-62(81)60(79)59(78)61(80)63(69)82/h17-19,22-23,26-29,42-47,50,52-55,64-68H,16,20-21,24-25,30-41H2,1-15H3,(H,85,99)(H,86,100)(H,87,101)(H,88,98)(H,89,95)(H,90,102)(H3,83,84,105)/t45-,46?,47+,50?,52?,53-,54-,55+,64-,65-,66-,67-,68+/m0/s1. The highest BCUT2D eigenvalue weighted by Gasteiger charge is 2.45. The smallest absolute Gasteiger partial charge is 0.314 e. The van der Waals surface area contributed by atoms with Crippen LogP contribution in [0.1, 0.15) is 132 Å². The Balaban J connectivity index is 1.15. The second-order valence-corrected chi connectivity index (χ2v) is 29.5. The summed E-state index contributed by atoms with van der Waals surface area (Å²) >= 11 is 0. The van der Waals surface area contributed by atoms with Crippen LogP contribution in [0.25, 0.3) is 0 Å². The number of halogens is 5. The van der Waals surface area contributed by atoms with Crippen molar-refractivity contribution in [3.05, 3.63) is 94.8 Å². The first-order valence-electron chi connectivity index (χ1n) is 37.4. The number of anilines is 1. The van der Waals surface area contributed by atoms with Crippen LogP contribution in [0.5, 0.6) is 5.75 Å². The molecule has 2 aliphatic heterocycles. The number of benzene rings is 3. The van der Waals surface area contributed by atoms with Crippen LogP contribution >= 0.6 is 0 Å².